The van der Waals surface area contributed by atoms with E-state index in [1.807, 2.05) is 36.4 Å². The average molecular weight is 398 g/mol. The van der Waals surface area contributed by atoms with Gasteiger partial charge in [-0.15, -0.1) is 0 Å². The lowest BCUT2D eigenvalue weighted by molar-refractivity contribution is -0.137. The molecule has 0 amide bonds. The van der Waals surface area contributed by atoms with E-state index >= 15 is 0 Å². The number of hydrazine groups is 1. The van der Waals surface area contributed by atoms with Crippen molar-refractivity contribution in [1.82, 2.24) is 15.2 Å². The molecule has 8 heteroatoms. The summed E-state index contributed by atoms with van der Waals surface area (Å²) in [5.74, 6) is 0.733. The zero-order valence-corrected chi connectivity index (χ0v) is 15.4. The Kier molecular flexibility index (Phi) is 4.75. The summed E-state index contributed by atoms with van der Waals surface area (Å²) >= 11 is 0. The Labute approximate surface area is 165 Å². The quantitative estimate of drug-likeness (QED) is 0.687. The van der Waals surface area contributed by atoms with Crippen molar-refractivity contribution < 1.29 is 17.9 Å². The van der Waals surface area contributed by atoms with Crippen LogP contribution in [0.1, 0.15) is 11.3 Å². The molecule has 0 spiro atoms. The second-order valence-electron chi connectivity index (χ2n) is 6.28. The molecule has 4 rings (SSSR count). The summed E-state index contributed by atoms with van der Waals surface area (Å²) < 4.78 is 46.0. The van der Waals surface area contributed by atoms with Crippen molar-refractivity contribution in [3.05, 3.63) is 90.4 Å². The van der Waals surface area contributed by atoms with Gasteiger partial charge in [-0.25, -0.2) is 4.68 Å². The molecular formula is C21H17F3N4O. The Balaban J connectivity index is 1.61. The van der Waals surface area contributed by atoms with E-state index in [-0.39, 0.29) is 0 Å². The molecule has 1 N–H and O–H groups in total. The number of halogens is 3. The fraction of sp³-hybridized carbons (Fsp3) is 0.0952. The van der Waals surface area contributed by atoms with Gasteiger partial charge in [-0.2, -0.15) is 18.3 Å². The number of alkyl halides is 3. The number of nitrogens with one attached hydrogen (secondary N) is 1. The van der Waals surface area contributed by atoms with E-state index in [2.05, 4.69) is 10.5 Å². The molecule has 3 aromatic rings. The third-order valence-electron chi connectivity index (χ3n) is 4.43. The fourth-order valence-electron chi connectivity index (χ4n) is 2.99. The van der Waals surface area contributed by atoms with Crippen molar-refractivity contribution in [2.45, 2.75) is 6.18 Å². The highest BCUT2D eigenvalue weighted by Crippen LogP contribution is 2.32. The van der Waals surface area contributed by atoms with E-state index < -0.39 is 11.7 Å². The number of benzene rings is 2. The van der Waals surface area contributed by atoms with Gasteiger partial charge in [0.25, 0.3) is 0 Å². The maximum Gasteiger partial charge on any atom is 0.416 e. The van der Waals surface area contributed by atoms with Gasteiger partial charge in [0.1, 0.15) is 5.75 Å². The lowest BCUT2D eigenvalue weighted by Gasteiger charge is -2.27. The highest BCUT2D eigenvalue weighted by atomic mass is 19.4. The Hall–Kier alpha value is -3.68. The maximum absolute atomic E-state index is 13.0. The van der Waals surface area contributed by atoms with Gasteiger partial charge in [0, 0.05) is 6.20 Å². The number of methoxy groups -OCH3 is 1. The molecule has 0 aliphatic carbocycles. The van der Waals surface area contributed by atoms with Crippen molar-refractivity contribution in [1.29, 1.82) is 0 Å². The van der Waals surface area contributed by atoms with Crippen molar-refractivity contribution in [2.24, 2.45) is 0 Å². The highest BCUT2D eigenvalue weighted by molar-refractivity contribution is 5.69. The summed E-state index contributed by atoms with van der Waals surface area (Å²) in [6.07, 6.45) is 2.52. The number of rotatable bonds is 4. The maximum atomic E-state index is 13.0. The summed E-state index contributed by atoms with van der Waals surface area (Å²) in [6, 6.07) is 14.4. The second-order valence-corrected chi connectivity index (χ2v) is 6.28. The van der Waals surface area contributed by atoms with Gasteiger partial charge in [-0.3, -0.25) is 10.4 Å². The Bertz CT molecular complexity index is 1070. The minimum Gasteiger partial charge on any atom is -0.497 e. The molecule has 0 atom stereocenters. The summed E-state index contributed by atoms with van der Waals surface area (Å²) in [7, 11) is 1.60. The van der Waals surface area contributed by atoms with Gasteiger partial charge < -0.3 is 4.74 Å². The SMILES string of the molecule is COc1ccc(-n2nccc2C2=CC=CN(c3cccc(C(F)(F)F)c3)N2)cc1. The molecule has 1 aromatic heterocycles. The molecule has 1 aliphatic rings. The van der Waals surface area contributed by atoms with Crippen LogP contribution in [0.4, 0.5) is 18.9 Å². The summed E-state index contributed by atoms with van der Waals surface area (Å²) in [5, 5.41) is 5.90. The monoisotopic (exact) mass is 398 g/mol. The number of ether oxygens (including phenoxy) is 1. The van der Waals surface area contributed by atoms with Gasteiger partial charge in [0.05, 0.1) is 41.6 Å². The molecule has 2 heterocycles. The number of aromatic nitrogens is 2. The highest BCUT2D eigenvalue weighted by Gasteiger charge is 2.31. The van der Waals surface area contributed by atoms with Crippen molar-refractivity contribution in [2.75, 3.05) is 12.1 Å². The number of nitrogens with zero attached hydrogens (tertiary/aromatic N) is 3. The largest absolute Gasteiger partial charge is 0.497 e. The fourth-order valence-corrected chi connectivity index (χ4v) is 2.99. The molecule has 148 valence electrons. The van der Waals surface area contributed by atoms with Crippen molar-refractivity contribution in [3.8, 4) is 11.4 Å². The van der Waals surface area contributed by atoms with Crippen LogP contribution in [0.3, 0.4) is 0 Å². The van der Waals surface area contributed by atoms with Crippen LogP contribution >= 0.6 is 0 Å². The zero-order chi connectivity index (χ0) is 20.4. The second kappa shape index (κ2) is 7.38. The van der Waals surface area contributed by atoms with Gasteiger partial charge in [0.2, 0.25) is 0 Å². The zero-order valence-electron chi connectivity index (χ0n) is 15.4. The van der Waals surface area contributed by atoms with Crippen LogP contribution in [-0.2, 0) is 6.18 Å². The first-order valence-corrected chi connectivity index (χ1v) is 8.76. The lowest BCUT2D eigenvalue weighted by atomic mass is 10.2. The van der Waals surface area contributed by atoms with Crippen LogP contribution < -0.4 is 15.2 Å². The molecule has 29 heavy (non-hydrogen) atoms. The van der Waals surface area contributed by atoms with E-state index in [4.69, 9.17) is 4.74 Å². The Morgan fingerprint density at radius 1 is 1.00 bits per heavy atom. The summed E-state index contributed by atoms with van der Waals surface area (Å²) in [5.41, 5.74) is 5.09. The Morgan fingerprint density at radius 3 is 2.52 bits per heavy atom. The third kappa shape index (κ3) is 3.82. The molecule has 0 radical (unpaired) electrons. The molecular weight excluding hydrogens is 381 g/mol. The van der Waals surface area contributed by atoms with E-state index in [0.29, 0.717) is 11.4 Å². The lowest BCUT2D eigenvalue weighted by Crippen LogP contribution is -2.34. The number of hydrogen-bond donors (Lipinski definition) is 1. The molecule has 0 saturated heterocycles. The van der Waals surface area contributed by atoms with Crippen molar-refractivity contribution >= 4 is 11.4 Å². The van der Waals surface area contributed by atoms with E-state index in [9.17, 15) is 13.2 Å². The minimum atomic E-state index is -4.40. The molecule has 0 unspecified atom stereocenters. The topological polar surface area (TPSA) is 42.3 Å². The number of hydrogen-bond acceptors (Lipinski definition) is 4. The first kappa shape index (κ1) is 18.7. The van der Waals surface area contributed by atoms with Crippen LogP contribution in [-0.4, -0.2) is 16.9 Å². The van der Waals surface area contributed by atoms with Gasteiger partial charge in [-0.1, -0.05) is 6.07 Å². The van der Waals surface area contributed by atoms with Crippen LogP contribution in [0, 0.1) is 0 Å². The first-order chi connectivity index (χ1) is 14.0. The summed E-state index contributed by atoms with van der Waals surface area (Å²) in [6.45, 7) is 0. The van der Waals surface area contributed by atoms with E-state index in [1.165, 1.54) is 11.1 Å². The Morgan fingerprint density at radius 2 is 1.79 bits per heavy atom. The van der Waals surface area contributed by atoms with Crippen molar-refractivity contribution in [3.63, 3.8) is 0 Å². The normalized spacial score (nSPS) is 13.8. The number of allylic oxidation sites excluding steroid dienone is 2. The van der Waals surface area contributed by atoms with Gasteiger partial charge in [-0.05, 0) is 60.7 Å². The van der Waals surface area contributed by atoms with E-state index in [1.54, 1.807) is 36.3 Å². The average Bonchev–Trinajstić information content (AvgIpc) is 3.23. The molecule has 0 saturated carbocycles. The smallest absolute Gasteiger partial charge is 0.416 e. The first-order valence-electron chi connectivity index (χ1n) is 8.76. The van der Waals surface area contributed by atoms with Gasteiger partial charge >= 0.3 is 6.18 Å². The van der Waals surface area contributed by atoms with Crippen LogP contribution in [0.15, 0.2) is 79.1 Å². The predicted molar refractivity (Wildman–Crippen MR) is 104 cm³/mol. The minimum absolute atomic E-state index is 0.372. The number of anilines is 1. The summed E-state index contributed by atoms with van der Waals surface area (Å²) in [4.78, 5) is 0. The standard InChI is InChI=1S/C21H17F3N4O/c1-29-18-9-7-16(8-10-18)28-20(11-12-25-28)19-6-3-13-27(26-19)17-5-2-4-15(14-17)21(22,23)24/h2-14,26H,1H3. The third-order valence-corrected chi connectivity index (χ3v) is 4.43. The van der Waals surface area contributed by atoms with Crippen LogP contribution in [0.5, 0.6) is 5.75 Å². The molecule has 1 aliphatic heterocycles. The van der Waals surface area contributed by atoms with Gasteiger partial charge in [0.15, 0.2) is 0 Å². The molecule has 5 nitrogen and oxygen atoms in total. The van der Waals surface area contributed by atoms with E-state index in [0.717, 1.165) is 29.3 Å². The predicted octanol–water partition coefficient (Wildman–Crippen LogP) is 4.78. The molecule has 2 aromatic carbocycles. The van der Waals surface area contributed by atoms with Crippen LogP contribution in [0.25, 0.3) is 11.4 Å². The molecule has 0 bridgehead atoms. The molecule has 0 fully saturated rings. The van der Waals surface area contributed by atoms with Crippen LogP contribution in [0.2, 0.25) is 0 Å².